The van der Waals surface area contributed by atoms with Crippen molar-refractivity contribution in [2.45, 2.75) is 44.8 Å². The number of carboxylic acid groups (broad SMARTS) is 1. The summed E-state index contributed by atoms with van der Waals surface area (Å²) in [4.78, 5) is 23.3. The van der Waals surface area contributed by atoms with Gasteiger partial charge in [-0.1, -0.05) is 30.5 Å². The first-order valence-electron chi connectivity index (χ1n) is 6.98. The maximum Gasteiger partial charge on any atom is 0.341 e. The largest absolute Gasteiger partial charge is 0.480 e. The lowest BCUT2D eigenvalue weighted by Crippen LogP contribution is -2.41. The first-order chi connectivity index (χ1) is 9.99. The maximum absolute atomic E-state index is 12.1. The highest BCUT2D eigenvalue weighted by atomic mass is 35.5. The molecule has 2 rings (SSSR count). The van der Waals surface area contributed by atoms with Crippen molar-refractivity contribution >= 4 is 23.5 Å². The van der Waals surface area contributed by atoms with E-state index in [9.17, 15) is 9.59 Å². The van der Waals surface area contributed by atoms with Crippen LogP contribution in [0.1, 0.15) is 43.0 Å². The number of amides is 1. The molecule has 2 N–H and O–H groups in total. The Hall–Kier alpha value is -1.75. The highest BCUT2D eigenvalue weighted by Gasteiger charge is 2.24. The summed E-state index contributed by atoms with van der Waals surface area (Å²) in [6.45, 7) is 1.59. The van der Waals surface area contributed by atoms with E-state index in [0.29, 0.717) is 0 Å². The van der Waals surface area contributed by atoms with Crippen LogP contribution in [0.15, 0.2) is 18.2 Å². The van der Waals surface area contributed by atoms with Crippen LogP contribution < -0.4 is 10.1 Å². The highest BCUT2D eigenvalue weighted by molar-refractivity contribution is 6.33. The van der Waals surface area contributed by atoms with Crippen LogP contribution in [0, 0.1) is 0 Å². The number of hydrogen-bond acceptors (Lipinski definition) is 3. The Balaban J connectivity index is 2.05. The normalized spacial score (nSPS) is 16.5. The number of rotatable bonds is 5. The molecule has 1 aliphatic rings. The molecule has 0 radical (unpaired) electrons. The molecule has 1 unspecified atom stereocenters. The molecule has 0 aromatic heterocycles. The van der Waals surface area contributed by atoms with Crippen LogP contribution in [0.25, 0.3) is 0 Å². The number of benzene rings is 1. The van der Waals surface area contributed by atoms with E-state index < -0.39 is 12.1 Å². The Morgan fingerprint density at radius 3 is 2.67 bits per heavy atom. The van der Waals surface area contributed by atoms with E-state index in [1.165, 1.54) is 12.1 Å². The van der Waals surface area contributed by atoms with Crippen molar-refractivity contribution in [3.8, 4) is 5.75 Å². The molecule has 5 nitrogen and oxygen atoms in total. The summed E-state index contributed by atoms with van der Waals surface area (Å²) < 4.78 is 5.48. The number of aromatic carboxylic acids is 1. The van der Waals surface area contributed by atoms with Gasteiger partial charge in [0, 0.05) is 6.04 Å². The molecule has 1 aromatic carbocycles. The van der Waals surface area contributed by atoms with Crippen molar-refractivity contribution in [2.24, 2.45) is 0 Å². The van der Waals surface area contributed by atoms with E-state index in [-0.39, 0.29) is 28.3 Å². The Bertz CT molecular complexity index is 540. The predicted octanol–water partition coefficient (Wildman–Crippen LogP) is 2.86. The lowest BCUT2D eigenvalue weighted by atomic mass is 10.2. The number of hydrogen-bond donors (Lipinski definition) is 2. The molecule has 0 spiro atoms. The van der Waals surface area contributed by atoms with E-state index in [2.05, 4.69) is 5.32 Å². The van der Waals surface area contributed by atoms with Crippen molar-refractivity contribution in [1.82, 2.24) is 5.32 Å². The summed E-state index contributed by atoms with van der Waals surface area (Å²) >= 11 is 5.86. The standard InChI is InChI=1S/C15H18ClNO4/c1-9(14(18)17-10-5-2-3-6-10)21-12-8-4-7-11(16)13(12)15(19)20/h4,7-10H,2-3,5-6H2,1H3,(H,17,18)(H,19,20). The number of carbonyl (C=O) groups excluding carboxylic acids is 1. The Labute approximate surface area is 128 Å². The van der Waals surface area contributed by atoms with Gasteiger partial charge in [-0.15, -0.1) is 0 Å². The van der Waals surface area contributed by atoms with Crippen molar-refractivity contribution in [1.29, 1.82) is 0 Å². The molecule has 114 valence electrons. The van der Waals surface area contributed by atoms with Crippen LogP contribution in [-0.2, 0) is 4.79 Å². The molecule has 1 fully saturated rings. The van der Waals surface area contributed by atoms with E-state index in [1.54, 1.807) is 13.0 Å². The van der Waals surface area contributed by atoms with Gasteiger partial charge in [-0.25, -0.2) is 4.79 Å². The van der Waals surface area contributed by atoms with Crippen molar-refractivity contribution in [3.05, 3.63) is 28.8 Å². The molecule has 0 aliphatic heterocycles. The minimum Gasteiger partial charge on any atom is -0.480 e. The van der Waals surface area contributed by atoms with Gasteiger partial charge in [0.2, 0.25) is 0 Å². The molecule has 1 saturated carbocycles. The van der Waals surface area contributed by atoms with E-state index in [0.717, 1.165) is 25.7 Å². The second-order valence-corrected chi connectivity index (χ2v) is 5.58. The van der Waals surface area contributed by atoms with Gasteiger partial charge < -0.3 is 15.2 Å². The van der Waals surface area contributed by atoms with Crippen LogP contribution >= 0.6 is 11.6 Å². The third-order valence-electron chi connectivity index (χ3n) is 3.56. The average Bonchev–Trinajstić information content (AvgIpc) is 2.91. The molecule has 6 heteroatoms. The lowest BCUT2D eigenvalue weighted by Gasteiger charge is -2.19. The van der Waals surface area contributed by atoms with Crippen molar-refractivity contribution in [3.63, 3.8) is 0 Å². The molecular weight excluding hydrogens is 294 g/mol. The molecule has 1 amide bonds. The minimum absolute atomic E-state index is 0.0865. The second-order valence-electron chi connectivity index (χ2n) is 5.17. The van der Waals surface area contributed by atoms with Gasteiger partial charge in [-0.3, -0.25) is 4.79 Å². The molecule has 1 atom stereocenters. The van der Waals surface area contributed by atoms with Crippen molar-refractivity contribution < 1.29 is 19.4 Å². The number of halogens is 1. The molecule has 0 heterocycles. The van der Waals surface area contributed by atoms with Gasteiger partial charge in [0.25, 0.3) is 5.91 Å². The van der Waals surface area contributed by atoms with Gasteiger partial charge >= 0.3 is 5.97 Å². The number of carbonyl (C=O) groups is 2. The Morgan fingerprint density at radius 1 is 1.38 bits per heavy atom. The summed E-state index contributed by atoms with van der Waals surface area (Å²) in [5.74, 6) is -1.32. The highest BCUT2D eigenvalue weighted by Crippen LogP contribution is 2.27. The molecule has 1 aromatic rings. The fourth-order valence-electron chi connectivity index (χ4n) is 2.44. The van der Waals surface area contributed by atoms with E-state index in [4.69, 9.17) is 21.4 Å². The van der Waals surface area contributed by atoms with Gasteiger partial charge in [0.05, 0.1) is 5.02 Å². The number of nitrogens with one attached hydrogen (secondary N) is 1. The zero-order valence-corrected chi connectivity index (χ0v) is 12.5. The van der Waals surface area contributed by atoms with Crippen LogP contribution in [0.3, 0.4) is 0 Å². The summed E-state index contributed by atoms with van der Waals surface area (Å²) in [6, 6.07) is 4.75. The summed E-state index contributed by atoms with van der Waals surface area (Å²) in [6.07, 6.45) is 3.43. The lowest BCUT2D eigenvalue weighted by molar-refractivity contribution is -0.128. The summed E-state index contributed by atoms with van der Waals surface area (Å²) in [5.41, 5.74) is -0.125. The van der Waals surface area contributed by atoms with Gasteiger partial charge in [0.1, 0.15) is 11.3 Å². The third kappa shape index (κ3) is 3.88. The third-order valence-corrected chi connectivity index (χ3v) is 3.88. The molecule has 0 bridgehead atoms. The second kappa shape index (κ2) is 6.80. The zero-order valence-electron chi connectivity index (χ0n) is 11.8. The smallest absolute Gasteiger partial charge is 0.341 e. The zero-order chi connectivity index (χ0) is 15.4. The Morgan fingerprint density at radius 2 is 2.05 bits per heavy atom. The van der Waals surface area contributed by atoms with Crippen LogP contribution in [0.4, 0.5) is 0 Å². The fraction of sp³-hybridized carbons (Fsp3) is 0.467. The molecule has 21 heavy (non-hydrogen) atoms. The summed E-state index contributed by atoms with van der Waals surface area (Å²) in [5, 5.41) is 12.2. The SMILES string of the molecule is CC(Oc1cccc(Cl)c1C(=O)O)C(=O)NC1CCCC1. The number of carboxylic acids is 1. The molecule has 0 saturated heterocycles. The molecule has 1 aliphatic carbocycles. The Kier molecular flexibility index (Phi) is 5.07. The van der Waals surface area contributed by atoms with Crippen LogP contribution in [0.2, 0.25) is 5.02 Å². The van der Waals surface area contributed by atoms with Crippen molar-refractivity contribution in [2.75, 3.05) is 0 Å². The van der Waals surface area contributed by atoms with E-state index >= 15 is 0 Å². The van der Waals surface area contributed by atoms with E-state index in [1.807, 2.05) is 0 Å². The van der Waals surface area contributed by atoms with Gasteiger partial charge in [-0.05, 0) is 31.9 Å². The first kappa shape index (κ1) is 15.6. The number of ether oxygens (including phenoxy) is 1. The predicted molar refractivity (Wildman–Crippen MR) is 78.9 cm³/mol. The first-order valence-corrected chi connectivity index (χ1v) is 7.35. The van der Waals surface area contributed by atoms with Crippen LogP contribution in [-0.4, -0.2) is 29.1 Å². The average molecular weight is 312 g/mol. The monoisotopic (exact) mass is 311 g/mol. The van der Waals surface area contributed by atoms with Crippen LogP contribution in [0.5, 0.6) is 5.75 Å². The molecular formula is C15H18ClNO4. The van der Waals surface area contributed by atoms with Gasteiger partial charge in [-0.2, -0.15) is 0 Å². The minimum atomic E-state index is -1.18. The fourth-order valence-corrected chi connectivity index (χ4v) is 2.69. The summed E-state index contributed by atoms with van der Waals surface area (Å²) in [7, 11) is 0. The van der Waals surface area contributed by atoms with Gasteiger partial charge in [0.15, 0.2) is 6.10 Å². The quantitative estimate of drug-likeness (QED) is 0.876. The topological polar surface area (TPSA) is 75.6 Å². The maximum atomic E-state index is 12.1.